The maximum Gasteiger partial charge on any atom is 0.254 e. The van der Waals surface area contributed by atoms with E-state index in [-0.39, 0.29) is 5.91 Å². The lowest BCUT2D eigenvalue weighted by Gasteiger charge is -2.24. The van der Waals surface area contributed by atoms with Gasteiger partial charge in [0.25, 0.3) is 5.91 Å². The van der Waals surface area contributed by atoms with Crippen molar-refractivity contribution in [3.05, 3.63) is 46.1 Å². The third kappa shape index (κ3) is 2.80. The second-order valence-electron chi connectivity index (χ2n) is 6.66. The second-order valence-corrected chi connectivity index (χ2v) is 7.10. The van der Waals surface area contributed by atoms with Crippen molar-refractivity contribution in [2.75, 3.05) is 0 Å². The molecule has 1 aliphatic rings. The van der Waals surface area contributed by atoms with E-state index in [1.165, 1.54) is 19.3 Å². The number of H-pyrrole nitrogens is 1. The lowest BCUT2D eigenvalue weighted by Crippen LogP contribution is -2.25. The summed E-state index contributed by atoms with van der Waals surface area (Å²) < 4.78 is 2.00. The van der Waals surface area contributed by atoms with Crippen molar-refractivity contribution >= 4 is 28.4 Å². The lowest BCUT2D eigenvalue weighted by atomic mass is 9.85. The van der Waals surface area contributed by atoms with Crippen molar-refractivity contribution < 1.29 is 4.79 Å². The Morgan fingerprint density at radius 1 is 1.40 bits per heavy atom. The van der Waals surface area contributed by atoms with Crippen LogP contribution in [-0.4, -0.2) is 25.7 Å². The number of carbonyl (C=O) groups excluding carboxylic acids is 1. The number of carbonyl (C=O) groups is 1. The summed E-state index contributed by atoms with van der Waals surface area (Å²) in [7, 11) is 1.96. The number of nitrogens with one attached hydrogen (secondary N) is 2. The Morgan fingerprint density at radius 3 is 2.92 bits per heavy atom. The zero-order valence-corrected chi connectivity index (χ0v) is 15.0. The molecule has 130 valence electrons. The Labute approximate surface area is 150 Å². The molecule has 1 fully saturated rings. The van der Waals surface area contributed by atoms with E-state index in [4.69, 9.17) is 11.6 Å². The predicted molar refractivity (Wildman–Crippen MR) is 96.8 cm³/mol. The summed E-state index contributed by atoms with van der Waals surface area (Å²) >= 11 is 6.08. The van der Waals surface area contributed by atoms with Crippen LogP contribution >= 0.6 is 11.6 Å². The molecule has 0 atom stereocenters. The normalized spacial score (nSPS) is 14.7. The number of nitrogens with zero attached hydrogens (tertiary/aromatic N) is 3. The van der Waals surface area contributed by atoms with Crippen LogP contribution in [0.25, 0.3) is 10.9 Å². The zero-order chi connectivity index (χ0) is 17.6. The van der Waals surface area contributed by atoms with Gasteiger partial charge in [-0.3, -0.25) is 4.79 Å². The number of fused-ring (bicyclic) bond motifs is 1. The Hall–Kier alpha value is -2.34. The van der Waals surface area contributed by atoms with Crippen molar-refractivity contribution in [1.29, 1.82) is 0 Å². The van der Waals surface area contributed by atoms with Gasteiger partial charge in [0, 0.05) is 34.6 Å². The van der Waals surface area contributed by atoms with Crippen molar-refractivity contribution in [3.8, 4) is 0 Å². The summed E-state index contributed by atoms with van der Waals surface area (Å²) in [6.45, 7) is 2.24. The third-order valence-corrected chi connectivity index (χ3v) is 5.29. The molecule has 0 spiro atoms. The zero-order valence-electron chi connectivity index (χ0n) is 14.3. The number of aryl methyl sites for hydroxylation is 1. The smallest absolute Gasteiger partial charge is 0.254 e. The molecular weight excluding hydrogens is 338 g/mol. The van der Waals surface area contributed by atoms with E-state index < -0.39 is 0 Å². The van der Waals surface area contributed by atoms with E-state index in [1.54, 1.807) is 0 Å². The number of hydrogen-bond donors (Lipinski definition) is 2. The molecule has 1 amide bonds. The van der Waals surface area contributed by atoms with E-state index >= 15 is 0 Å². The molecule has 6 nitrogen and oxygen atoms in total. The molecule has 25 heavy (non-hydrogen) atoms. The minimum Gasteiger partial charge on any atom is -0.358 e. The molecule has 0 radical (unpaired) electrons. The quantitative estimate of drug-likeness (QED) is 0.750. The monoisotopic (exact) mass is 357 g/mol. The molecule has 7 heteroatoms. The van der Waals surface area contributed by atoms with E-state index in [9.17, 15) is 4.79 Å². The van der Waals surface area contributed by atoms with Gasteiger partial charge in [-0.15, -0.1) is 10.2 Å². The minimum absolute atomic E-state index is 0.140. The summed E-state index contributed by atoms with van der Waals surface area (Å²) in [5.41, 5.74) is 2.35. The van der Waals surface area contributed by atoms with Crippen molar-refractivity contribution in [2.45, 2.75) is 38.6 Å². The molecule has 1 aromatic carbocycles. The van der Waals surface area contributed by atoms with Crippen LogP contribution in [0.2, 0.25) is 5.02 Å². The predicted octanol–water partition coefficient (Wildman–Crippen LogP) is 3.46. The van der Waals surface area contributed by atoms with Crippen LogP contribution in [0.3, 0.4) is 0 Å². The van der Waals surface area contributed by atoms with Gasteiger partial charge in [-0.1, -0.05) is 18.0 Å². The number of halogens is 1. The molecular formula is C18H20ClN5O. The summed E-state index contributed by atoms with van der Waals surface area (Å²) in [6, 6.07) is 5.50. The Bertz CT molecular complexity index is 954. The maximum atomic E-state index is 12.7. The summed E-state index contributed by atoms with van der Waals surface area (Å²) in [6.07, 6.45) is 3.60. The van der Waals surface area contributed by atoms with Gasteiger partial charge in [-0.05, 0) is 38.0 Å². The lowest BCUT2D eigenvalue weighted by molar-refractivity contribution is 0.0950. The van der Waals surface area contributed by atoms with Gasteiger partial charge in [-0.2, -0.15) is 0 Å². The molecule has 2 heterocycles. The largest absolute Gasteiger partial charge is 0.358 e. The first-order chi connectivity index (χ1) is 12.0. The highest BCUT2D eigenvalue weighted by atomic mass is 35.5. The summed E-state index contributed by atoms with van der Waals surface area (Å²) in [5, 5.41) is 12.9. The third-order valence-electron chi connectivity index (χ3n) is 5.05. The number of benzene rings is 1. The van der Waals surface area contributed by atoms with Gasteiger partial charge in [0.15, 0.2) is 5.82 Å². The van der Waals surface area contributed by atoms with Crippen LogP contribution in [0.15, 0.2) is 18.2 Å². The number of rotatable bonds is 4. The Balaban J connectivity index is 1.54. The molecule has 3 aromatic rings. The second kappa shape index (κ2) is 6.19. The van der Waals surface area contributed by atoms with Crippen LogP contribution in [0.5, 0.6) is 0 Å². The van der Waals surface area contributed by atoms with E-state index in [2.05, 4.69) is 20.5 Å². The number of aromatic nitrogens is 4. The molecule has 4 rings (SSSR count). The number of aromatic amines is 1. The molecule has 1 aliphatic carbocycles. The molecule has 0 aliphatic heterocycles. The molecule has 2 N–H and O–H groups in total. The highest BCUT2D eigenvalue weighted by Crippen LogP contribution is 2.35. The fourth-order valence-electron chi connectivity index (χ4n) is 3.39. The fraction of sp³-hybridized carbons (Fsp3) is 0.389. The van der Waals surface area contributed by atoms with Crippen LogP contribution < -0.4 is 5.32 Å². The molecule has 0 bridgehead atoms. The van der Waals surface area contributed by atoms with E-state index in [0.29, 0.717) is 23.0 Å². The van der Waals surface area contributed by atoms with Gasteiger partial charge in [0.2, 0.25) is 0 Å². The standard InChI is InChI=1S/C18H20ClN5O/c1-10-16(13-8-12(19)6-7-14(13)21-10)18(25)20-9-15-22-23-17(24(15)2)11-4-3-5-11/h6-8,11,21H,3-5,9H2,1-2H3,(H,20,25). The van der Waals surface area contributed by atoms with Crippen LogP contribution in [0, 0.1) is 6.92 Å². The van der Waals surface area contributed by atoms with Crippen molar-refractivity contribution in [2.24, 2.45) is 7.05 Å². The Morgan fingerprint density at radius 2 is 2.20 bits per heavy atom. The highest BCUT2D eigenvalue weighted by Gasteiger charge is 2.25. The summed E-state index contributed by atoms with van der Waals surface area (Å²) in [5.74, 6) is 2.16. The van der Waals surface area contributed by atoms with Gasteiger partial charge in [0.1, 0.15) is 5.82 Å². The fourth-order valence-corrected chi connectivity index (χ4v) is 3.56. The van der Waals surface area contributed by atoms with Gasteiger partial charge >= 0.3 is 0 Å². The van der Waals surface area contributed by atoms with Crippen LogP contribution in [0.4, 0.5) is 0 Å². The molecule has 0 saturated heterocycles. The maximum absolute atomic E-state index is 12.7. The average Bonchev–Trinajstić information content (AvgIpc) is 3.04. The first-order valence-electron chi connectivity index (χ1n) is 8.49. The molecule has 0 unspecified atom stereocenters. The number of amides is 1. The Kier molecular flexibility index (Phi) is 4.00. The SMILES string of the molecule is Cc1[nH]c2ccc(Cl)cc2c1C(=O)NCc1nnc(C2CCC2)n1C. The topological polar surface area (TPSA) is 75.6 Å². The minimum atomic E-state index is -0.140. The number of hydrogen-bond acceptors (Lipinski definition) is 3. The molecule has 1 saturated carbocycles. The summed E-state index contributed by atoms with van der Waals surface area (Å²) in [4.78, 5) is 15.9. The van der Waals surface area contributed by atoms with Gasteiger partial charge in [0.05, 0.1) is 12.1 Å². The van der Waals surface area contributed by atoms with E-state index in [1.807, 2.05) is 36.7 Å². The van der Waals surface area contributed by atoms with Crippen molar-refractivity contribution in [1.82, 2.24) is 25.1 Å². The van der Waals surface area contributed by atoms with Crippen LogP contribution in [0.1, 0.15) is 52.9 Å². The van der Waals surface area contributed by atoms with Crippen LogP contribution in [-0.2, 0) is 13.6 Å². The van der Waals surface area contributed by atoms with E-state index in [0.717, 1.165) is 28.2 Å². The molecule has 2 aromatic heterocycles. The van der Waals surface area contributed by atoms with Gasteiger partial charge in [-0.25, -0.2) is 0 Å². The first kappa shape index (κ1) is 16.1. The van der Waals surface area contributed by atoms with Gasteiger partial charge < -0.3 is 14.9 Å². The first-order valence-corrected chi connectivity index (χ1v) is 8.86. The highest BCUT2D eigenvalue weighted by molar-refractivity contribution is 6.31. The van der Waals surface area contributed by atoms with Crippen molar-refractivity contribution in [3.63, 3.8) is 0 Å². The average molecular weight is 358 g/mol.